The van der Waals surface area contributed by atoms with Crippen molar-refractivity contribution in [2.45, 2.75) is 59.7 Å². The second-order valence-corrected chi connectivity index (χ2v) is 6.31. The van der Waals surface area contributed by atoms with E-state index in [4.69, 9.17) is 0 Å². The maximum absolute atomic E-state index is 9.88. The summed E-state index contributed by atoms with van der Waals surface area (Å²) in [7, 11) is 0. The van der Waals surface area contributed by atoms with E-state index in [0.717, 1.165) is 25.9 Å². The molecule has 0 bridgehead atoms. The summed E-state index contributed by atoms with van der Waals surface area (Å²) in [5.41, 5.74) is 1.47. The topological polar surface area (TPSA) is 37.2 Å². The van der Waals surface area contributed by atoms with Crippen LogP contribution in [-0.4, -0.2) is 22.3 Å². The molecule has 0 saturated carbocycles. The van der Waals surface area contributed by atoms with Gasteiger partial charge in [-0.15, -0.1) is 0 Å². The molecule has 0 amide bonds. The molecule has 18 heavy (non-hydrogen) atoms. The second kappa shape index (κ2) is 6.95. The molecular weight excluding hydrogens is 224 g/mol. The largest absolute Gasteiger partial charge is 0.392 e. The van der Waals surface area contributed by atoms with Gasteiger partial charge in [-0.3, -0.25) is 0 Å². The average molecular weight is 252 g/mol. The number of nitrogens with one attached hydrogen (secondary N) is 1. The zero-order chi connectivity index (χ0) is 13.6. The Labute approximate surface area is 111 Å². The Morgan fingerprint density at radius 2 is 2.11 bits per heavy atom. The molecule has 3 heteroatoms. The van der Waals surface area contributed by atoms with E-state index < -0.39 is 0 Å². The Morgan fingerprint density at radius 1 is 1.39 bits per heavy atom. The molecule has 1 heterocycles. The number of aliphatic hydroxyl groups is 1. The fraction of sp³-hybridized carbons (Fsp3) is 0.733. The van der Waals surface area contributed by atoms with Gasteiger partial charge in [-0.1, -0.05) is 27.7 Å². The Balaban J connectivity index is 2.24. The van der Waals surface area contributed by atoms with E-state index in [1.54, 1.807) is 0 Å². The number of aromatic nitrogens is 1. The van der Waals surface area contributed by atoms with E-state index in [9.17, 15) is 5.11 Å². The highest BCUT2D eigenvalue weighted by atomic mass is 16.3. The third kappa shape index (κ3) is 6.22. The first-order valence-electron chi connectivity index (χ1n) is 6.94. The lowest BCUT2D eigenvalue weighted by Gasteiger charge is -2.22. The molecule has 2 N–H and O–H groups in total. The maximum atomic E-state index is 9.88. The lowest BCUT2D eigenvalue weighted by molar-refractivity contribution is 0.119. The first kappa shape index (κ1) is 15.3. The number of nitrogens with zero attached hydrogens (tertiary/aromatic N) is 1. The van der Waals surface area contributed by atoms with Crippen LogP contribution in [0.3, 0.4) is 0 Å². The molecule has 0 fully saturated rings. The standard InChI is InChI=1S/C15H28N2O/c1-5-7-17-8-6-13(12-17)10-16-11-14(18)9-15(2,3)4/h6,8,12,14,16,18H,5,7,9-11H2,1-4H3. The molecular formula is C15H28N2O. The molecule has 0 aliphatic rings. The van der Waals surface area contributed by atoms with Crippen LogP contribution in [0.25, 0.3) is 0 Å². The summed E-state index contributed by atoms with van der Waals surface area (Å²) in [4.78, 5) is 0. The van der Waals surface area contributed by atoms with E-state index in [1.807, 2.05) is 0 Å². The van der Waals surface area contributed by atoms with Gasteiger partial charge in [0.25, 0.3) is 0 Å². The summed E-state index contributed by atoms with van der Waals surface area (Å²) in [5.74, 6) is 0. The van der Waals surface area contributed by atoms with Gasteiger partial charge >= 0.3 is 0 Å². The van der Waals surface area contributed by atoms with Gasteiger partial charge in [0.2, 0.25) is 0 Å². The van der Waals surface area contributed by atoms with Crippen molar-refractivity contribution in [3.8, 4) is 0 Å². The normalized spacial score (nSPS) is 13.8. The third-order valence-corrected chi connectivity index (χ3v) is 2.85. The van der Waals surface area contributed by atoms with Crippen molar-refractivity contribution in [3.05, 3.63) is 24.0 Å². The number of rotatable bonds is 7. The molecule has 1 aromatic rings. The highest BCUT2D eigenvalue weighted by molar-refractivity contribution is 5.09. The van der Waals surface area contributed by atoms with Crippen LogP contribution in [0.1, 0.15) is 46.1 Å². The second-order valence-electron chi connectivity index (χ2n) is 6.31. The van der Waals surface area contributed by atoms with Crippen LogP contribution in [0.2, 0.25) is 0 Å². The molecule has 0 aromatic carbocycles. The summed E-state index contributed by atoms with van der Waals surface area (Å²) in [6.07, 6.45) is 6.02. The van der Waals surface area contributed by atoms with E-state index in [-0.39, 0.29) is 11.5 Å². The van der Waals surface area contributed by atoms with Crippen molar-refractivity contribution in [1.82, 2.24) is 9.88 Å². The van der Waals surface area contributed by atoms with Crippen LogP contribution < -0.4 is 5.32 Å². The minimum Gasteiger partial charge on any atom is -0.392 e. The van der Waals surface area contributed by atoms with Crippen LogP contribution in [-0.2, 0) is 13.1 Å². The predicted molar refractivity (Wildman–Crippen MR) is 76.5 cm³/mol. The van der Waals surface area contributed by atoms with Gasteiger partial charge < -0.3 is 15.0 Å². The quantitative estimate of drug-likeness (QED) is 0.783. The highest BCUT2D eigenvalue weighted by Crippen LogP contribution is 2.20. The van der Waals surface area contributed by atoms with E-state index >= 15 is 0 Å². The Morgan fingerprint density at radius 3 is 2.72 bits per heavy atom. The van der Waals surface area contributed by atoms with Crippen molar-refractivity contribution in [3.63, 3.8) is 0 Å². The molecule has 1 unspecified atom stereocenters. The minimum atomic E-state index is -0.261. The molecule has 0 saturated heterocycles. The predicted octanol–water partition coefficient (Wildman–Crippen LogP) is 2.78. The molecule has 104 valence electrons. The zero-order valence-corrected chi connectivity index (χ0v) is 12.2. The monoisotopic (exact) mass is 252 g/mol. The van der Waals surface area contributed by atoms with Gasteiger partial charge in [-0.2, -0.15) is 0 Å². The molecule has 3 nitrogen and oxygen atoms in total. The molecule has 0 spiro atoms. The van der Waals surface area contributed by atoms with Crippen molar-refractivity contribution in [2.24, 2.45) is 5.41 Å². The number of hydrogen-bond donors (Lipinski definition) is 2. The Kier molecular flexibility index (Phi) is 5.89. The van der Waals surface area contributed by atoms with Gasteiger partial charge in [-0.05, 0) is 29.9 Å². The first-order valence-corrected chi connectivity index (χ1v) is 6.94. The SMILES string of the molecule is CCCn1ccc(CNCC(O)CC(C)(C)C)c1. The van der Waals surface area contributed by atoms with Crippen molar-refractivity contribution >= 4 is 0 Å². The molecule has 0 aliphatic carbocycles. The molecule has 0 aliphatic heterocycles. The van der Waals surface area contributed by atoms with Gasteiger partial charge in [0.1, 0.15) is 0 Å². The van der Waals surface area contributed by atoms with E-state index in [2.05, 4.69) is 56.0 Å². The summed E-state index contributed by atoms with van der Waals surface area (Å²) in [6, 6.07) is 2.14. The van der Waals surface area contributed by atoms with Gasteiger partial charge in [0, 0.05) is 32.0 Å². The number of aryl methyl sites for hydroxylation is 1. The van der Waals surface area contributed by atoms with Crippen molar-refractivity contribution in [1.29, 1.82) is 0 Å². The lowest BCUT2D eigenvalue weighted by atomic mass is 9.89. The minimum absolute atomic E-state index is 0.186. The summed E-state index contributed by atoms with van der Waals surface area (Å²) in [6.45, 7) is 11.2. The third-order valence-electron chi connectivity index (χ3n) is 2.85. The van der Waals surface area contributed by atoms with Gasteiger partial charge in [0.15, 0.2) is 0 Å². The number of aliphatic hydroxyl groups excluding tert-OH is 1. The van der Waals surface area contributed by atoms with E-state index in [0.29, 0.717) is 6.54 Å². The molecule has 0 radical (unpaired) electrons. The highest BCUT2D eigenvalue weighted by Gasteiger charge is 2.16. The summed E-state index contributed by atoms with van der Waals surface area (Å²) in [5, 5.41) is 13.2. The van der Waals surface area contributed by atoms with Gasteiger partial charge in [-0.25, -0.2) is 0 Å². The zero-order valence-electron chi connectivity index (χ0n) is 12.2. The fourth-order valence-electron chi connectivity index (χ4n) is 2.15. The molecule has 1 aromatic heterocycles. The van der Waals surface area contributed by atoms with E-state index in [1.165, 1.54) is 5.56 Å². The van der Waals surface area contributed by atoms with Crippen LogP contribution in [0.15, 0.2) is 18.5 Å². The van der Waals surface area contributed by atoms with Crippen LogP contribution in [0.5, 0.6) is 0 Å². The first-order chi connectivity index (χ1) is 8.40. The average Bonchev–Trinajstić information content (AvgIpc) is 2.63. The van der Waals surface area contributed by atoms with Crippen molar-refractivity contribution in [2.75, 3.05) is 6.54 Å². The van der Waals surface area contributed by atoms with Crippen LogP contribution >= 0.6 is 0 Å². The van der Waals surface area contributed by atoms with Gasteiger partial charge in [0.05, 0.1) is 6.10 Å². The smallest absolute Gasteiger partial charge is 0.0669 e. The molecule has 1 atom stereocenters. The number of hydrogen-bond acceptors (Lipinski definition) is 2. The summed E-state index contributed by atoms with van der Waals surface area (Å²) >= 11 is 0. The Hall–Kier alpha value is -0.800. The lowest BCUT2D eigenvalue weighted by Crippen LogP contribution is -2.29. The molecule has 1 rings (SSSR count). The van der Waals surface area contributed by atoms with Crippen molar-refractivity contribution < 1.29 is 5.11 Å². The van der Waals surface area contributed by atoms with Crippen LogP contribution in [0, 0.1) is 5.41 Å². The maximum Gasteiger partial charge on any atom is 0.0669 e. The van der Waals surface area contributed by atoms with Crippen LogP contribution in [0.4, 0.5) is 0 Å². The fourth-order valence-corrected chi connectivity index (χ4v) is 2.15. The Bertz CT molecular complexity index is 339. The summed E-state index contributed by atoms with van der Waals surface area (Å²) < 4.78 is 2.21.